The first-order valence-electron chi connectivity index (χ1n) is 9.60. The van der Waals surface area contributed by atoms with Gasteiger partial charge in [-0.2, -0.15) is 0 Å². The van der Waals surface area contributed by atoms with Crippen LogP contribution in [0, 0.1) is 17.3 Å². The molecular formula is C21H32N2O. The molecule has 1 saturated carbocycles. The fourth-order valence-electron chi connectivity index (χ4n) is 5.03. The Morgan fingerprint density at radius 2 is 1.88 bits per heavy atom. The van der Waals surface area contributed by atoms with Crippen LogP contribution in [0.3, 0.4) is 0 Å². The van der Waals surface area contributed by atoms with Crippen molar-refractivity contribution in [3.8, 4) is 0 Å². The van der Waals surface area contributed by atoms with Crippen LogP contribution in [0.15, 0.2) is 30.3 Å². The third-order valence-corrected chi connectivity index (χ3v) is 6.07. The number of carbonyl (C=O) groups is 1. The van der Waals surface area contributed by atoms with Gasteiger partial charge in [0.1, 0.15) is 0 Å². The van der Waals surface area contributed by atoms with Gasteiger partial charge in [-0.25, -0.2) is 0 Å². The van der Waals surface area contributed by atoms with Gasteiger partial charge in [0.2, 0.25) is 5.91 Å². The van der Waals surface area contributed by atoms with E-state index in [4.69, 9.17) is 5.73 Å². The molecule has 0 spiro atoms. The van der Waals surface area contributed by atoms with Crippen molar-refractivity contribution in [2.24, 2.45) is 23.0 Å². The first-order chi connectivity index (χ1) is 11.6. The van der Waals surface area contributed by atoms with Crippen molar-refractivity contribution in [2.75, 3.05) is 19.6 Å². The fraction of sp³-hybridized carbons (Fsp3) is 0.667. The third-order valence-electron chi connectivity index (χ3n) is 6.07. The molecular weight excluding hydrogens is 296 g/mol. The van der Waals surface area contributed by atoms with E-state index in [0.717, 1.165) is 32.4 Å². The molecule has 2 N–H and O–H groups in total. The zero-order valence-electron chi connectivity index (χ0n) is 15.2. The van der Waals surface area contributed by atoms with Crippen molar-refractivity contribution < 1.29 is 4.79 Å². The minimum absolute atomic E-state index is 0.0983. The van der Waals surface area contributed by atoms with Crippen molar-refractivity contribution in [1.29, 1.82) is 0 Å². The molecule has 1 saturated heterocycles. The Kier molecular flexibility index (Phi) is 5.29. The summed E-state index contributed by atoms with van der Waals surface area (Å²) in [6, 6.07) is 10.6. The van der Waals surface area contributed by atoms with Gasteiger partial charge in [-0.15, -0.1) is 0 Å². The normalized spacial score (nSPS) is 26.2. The summed E-state index contributed by atoms with van der Waals surface area (Å²) in [6.07, 6.45) is 5.59. The Hall–Kier alpha value is -1.35. The molecule has 1 aliphatic carbocycles. The second-order valence-electron chi connectivity index (χ2n) is 8.31. The van der Waals surface area contributed by atoms with Gasteiger partial charge < -0.3 is 10.6 Å². The summed E-state index contributed by atoms with van der Waals surface area (Å²) in [4.78, 5) is 15.6. The highest BCUT2D eigenvalue weighted by molar-refractivity contribution is 5.83. The van der Waals surface area contributed by atoms with Crippen molar-refractivity contribution >= 4 is 5.91 Å². The smallest absolute Gasteiger partial charge is 0.228 e. The largest absolute Gasteiger partial charge is 0.341 e. The molecule has 1 heterocycles. The second-order valence-corrected chi connectivity index (χ2v) is 8.31. The number of benzene rings is 1. The minimum Gasteiger partial charge on any atom is -0.341 e. The van der Waals surface area contributed by atoms with Crippen LogP contribution in [0.1, 0.15) is 57.4 Å². The van der Waals surface area contributed by atoms with Gasteiger partial charge in [-0.1, -0.05) is 57.0 Å². The van der Waals surface area contributed by atoms with Gasteiger partial charge in [0.25, 0.3) is 0 Å². The summed E-state index contributed by atoms with van der Waals surface area (Å²) in [7, 11) is 0. The number of hydrogen-bond acceptors (Lipinski definition) is 2. The highest BCUT2D eigenvalue weighted by Crippen LogP contribution is 2.46. The van der Waals surface area contributed by atoms with E-state index in [-0.39, 0.29) is 5.41 Å². The maximum Gasteiger partial charge on any atom is 0.228 e. The maximum atomic E-state index is 13.4. The lowest BCUT2D eigenvalue weighted by Gasteiger charge is -2.34. The number of nitrogens with zero attached hydrogens (tertiary/aromatic N) is 1. The Labute approximate surface area is 146 Å². The number of rotatable bonds is 5. The molecule has 0 aromatic heterocycles. The summed E-state index contributed by atoms with van der Waals surface area (Å²) in [5.74, 6) is 1.75. The molecule has 3 rings (SSSR count). The number of hydrogen-bond donors (Lipinski definition) is 1. The Morgan fingerprint density at radius 1 is 1.21 bits per heavy atom. The number of likely N-dealkylation sites (tertiary alicyclic amines) is 1. The molecule has 24 heavy (non-hydrogen) atoms. The van der Waals surface area contributed by atoms with Crippen molar-refractivity contribution in [3.05, 3.63) is 35.9 Å². The average molecular weight is 329 g/mol. The lowest BCUT2D eigenvalue weighted by molar-refractivity contribution is -0.142. The highest BCUT2D eigenvalue weighted by Gasteiger charge is 2.46. The summed E-state index contributed by atoms with van der Waals surface area (Å²) in [5.41, 5.74) is 7.28. The van der Waals surface area contributed by atoms with E-state index in [2.05, 4.69) is 49.1 Å². The topological polar surface area (TPSA) is 46.3 Å². The van der Waals surface area contributed by atoms with Gasteiger partial charge in [0, 0.05) is 24.4 Å². The van der Waals surface area contributed by atoms with Gasteiger partial charge >= 0.3 is 0 Å². The molecule has 0 unspecified atom stereocenters. The number of nitrogens with two attached hydrogens (primary N) is 1. The molecule has 3 heteroatoms. The molecule has 1 aromatic rings. The summed E-state index contributed by atoms with van der Waals surface area (Å²) < 4.78 is 0. The molecule has 1 aromatic carbocycles. The van der Waals surface area contributed by atoms with Crippen molar-refractivity contribution in [3.63, 3.8) is 0 Å². The fourth-order valence-corrected chi connectivity index (χ4v) is 5.03. The average Bonchev–Trinajstić information content (AvgIpc) is 3.22. The monoisotopic (exact) mass is 328 g/mol. The van der Waals surface area contributed by atoms with E-state index in [9.17, 15) is 4.79 Å². The first kappa shape index (κ1) is 17.5. The SMILES string of the molecule is CC(C)CC1(C(=O)N2C[C@@H](CN)[C@H](c3ccccc3)C2)CCCC1. The Bertz CT molecular complexity index is 548. The molecule has 132 valence electrons. The lowest BCUT2D eigenvalue weighted by atomic mass is 9.77. The van der Waals surface area contributed by atoms with Crippen LogP contribution < -0.4 is 5.73 Å². The minimum atomic E-state index is -0.0983. The molecule has 2 atom stereocenters. The highest BCUT2D eigenvalue weighted by atomic mass is 16.2. The molecule has 2 aliphatic rings. The summed E-state index contributed by atoms with van der Waals surface area (Å²) in [6.45, 7) is 6.80. The zero-order chi connectivity index (χ0) is 17.2. The second kappa shape index (κ2) is 7.26. The van der Waals surface area contributed by atoms with Gasteiger partial charge in [0.05, 0.1) is 0 Å². The maximum absolute atomic E-state index is 13.4. The van der Waals surface area contributed by atoms with E-state index in [1.165, 1.54) is 18.4 Å². The van der Waals surface area contributed by atoms with Crippen LogP contribution in [-0.2, 0) is 4.79 Å². The van der Waals surface area contributed by atoms with E-state index in [0.29, 0.717) is 30.2 Å². The van der Waals surface area contributed by atoms with Crippen LogP contribution in [0.2, 0.25) is 0 Å². The van der Waals surface area contributed by atoms with Crippen LogP contribution >= 0.6 is 0 Å². The van der Waals surface area contributed by atoms with Gasteiger partial charge in [-0.3, -0.25) is 4.79 Å². The van der Waals surface area contributed by atoms with Crippen LogP contribution in [0.4, 0.5) is 0 Å². The van der Waals surface area contributed by atoms with E-state index in [1.807, 2.05) is 0 Å². The molecule has 0 radical (unpaired) electrons. The summed E-state index contributed by atoms with van der Waals surface area (Å²) in [5, 5.41) is 0. The molecule has 1 aliphatic heterocycles. The van der Waals surface area contributed by atoms with Gasteiger partial charge in [0.15, 0.2) is 0 Å². The van der Waals surface area contributed by atoms with Crippen molar-refractivity contribution in [2.45, 2.75) is 51.9 Å². The number of carbonyl (C=O) groups excluding carboxylic acids is 1. The lowest BCUT2D eigenvalue weighted by Crippen LogP contribution is -2.42. The predicted octanol–water partition coefficient (Wildman–Crippen LogP) is 3.79. The summed E-state index contributed by atoms with van der Waals surface area (Å²) >= 11 is 0. The van der Waals surface area contributed by atoms with E-state index in [1.54, 1.807) is 0 Å². The third kappa shape index (κ3) is 3.37. The molecule has 0 bridgehead atoms. The van der Waals surface area contributed by atoms with E-state index < -0.39 is 0 Å². The van der Waals surface area contributed by atoms with Crippen LogP contribution in [0.5, 0.6) is 0 Å². The molecule has 2 fully saturated rings. The molecule has 3 nitrogen and oxygen atoms in total. The Morgan fingerprint density at radius 3 is 2.46 bits per heavy atom. The van der Waals surface area contributed by atoms with Crippen molar-refractivity contribution in [1.82, 2.24) is 4.90 Å². The molecule has 1 amide bonds. The quantitative estimate of drug-likeness (QED) is 0.894. The Balaban J connectivity index is 1.78. The zero-order valence-corrected chi connectivity index (χ0v) is 15.2. The van der Waals surface area contributed by atoms with Crippen LogP contribution in [-0.4, -0.2) is 30.4 Å². The predicted molar refractivity (Wildman–Crippen MR) is 98.7 cm³/mol. The van der Waals surface area contributed by atoms with Gasteiger partial charge in [-0.05, 0) is 43.2 Å². The first-order valence-corrected chi connectivity index (χ1v) is 9.60. The standard InChI is InChI=1S/C21H32N2O/c1-16(2)12-21(10-6-7-11-21)20(24)23-14-18(13-22)19(15-23)17-8-4-3-5-9-17/h3-5,8-9,16,18-19H,6-7,10-15,22H2,1-2H3/t18-,19+/m1/s1. The van der Waals surface area contributed by atoms with Crippen LogP contribution in [0.25, 0.3) is 0 Å². The van der Waals surface area contributed by atoms with E-state index >= 15 is 0 Å². The number of amides is 1.